The van der Waals surface area contributed by atoms with E-state index in [1.165, 1.54) is 24.8 Å². The molecule has 0 saturated heterocycles. The van der Waals surface area contributed by atoms with Crippen molar-refractivity contribution in [3.05, 3.63) is 34.6 Å². The highest BCUT2D eigenvalue weighted by atomic mass is 19.1. The smallest absolute Gasteiger partial charge is 0.123 e. The first-order chi connectivity index (χ1) is 7.61. The summed E-state index contributed by atoms with van der Waals surface area (Å²) in [5.74, 6) is 0.751. The van der Waals surface area contributed by atoms with Crippen molar-refractivity contribution in [1.82, 2.24) is 5.32 Å². The Kier molecular flexibility index (Phi) is 3.29. The van der Waals surface area contributed by atoms with E-state index in [1.54, 1.807) is 12.1 Å². The van der Waals surface area contributed by atoms with Crippen molar-refractivity contribution in [2.24, 2.45) is 5.92 Å². The highest BCUT2D eigenvalue weighted by molar-refractivity contribution is 5.37. The molecule has 1 N–H and O–H groups in total. The van der Waals surface area contributed by atoms with Crippen LogP contribution in [-0.2, 0) is 0 Å². The van der Waals surface area contributed by atoms with E-state index in [4.69, 9.17) is 0 Å². The zero-order valence-corrected chi connectivity index (χ0v) is 10.3. The van der Waals surface area contributed by atoms with Gasteiger partial charge in [0.15, 0.2) is 0 Å². The summed E-state index contributed by atoms with van der Waals surface area (Å²) >= 11 is 0. The molecule has 1 aliphatic carbocycles. The van der Waals surface area contributed by atoms with Crippen molar-refractivity contribution >= 4 is 0 Å². The minimum Gasteiger partial charge on any atom is -0.313 e. The number of rotatable bonds is 4. The van der Waals surface area contributed by atoms with Crippen LogP contribution < -0.4 is 5.32 Å². The van der Waals surface area contributed by atoms with Crippen LogP contribution in [0.2, 0.25) is 0 Å². The van der Waals surface area contributed by atoms with Crippen LogP contribution in [0.1, 0.15) is 42.0 Å². The van der Waals surface area contributed by atoms with Gasteiger partial charge in [0.05, 0.1) is 0 Å². The van der Waals surface area contributed by atoms with Crippen LogP contribution in [0.5, 0.6) is 0 Å². The number of hydrogen-bond donors (Lipinski definition) is 1. The molecule has 0 bridgehead atoms. The van der Waals surface area contributed by atoms with Crippen molar-refractivity contribution in [3.63, 3.8) is 0 Å². The second-order valence-electron chi connectivity index (χ2n) is 4.97. The van der Waals surface area contributed by atoms with Gasteiger partial charge in [-0.3, -0.25) is 0 Å². The van der Waals surface area contributed by atoms with E-state index < -0.39 is 0 Å². The number of aryl methyl sites for hydroxylation is 2. The quantitative estimate of drug-likeness (QED) is 0.820. The lowest BCUT2D eigenvalue weighted by Crippen LogP contribution is -2.19. The van der Waals surface area contributed by atoms with Crippen LogP contribution in [-0.4, -0.2) is 7.05 Å². The maximum absolute atomic E-state index is 13.2. The summed E-state index contributed by atoms with van der Waals surface area (Å²) in [6, 6.07) is 3.66. The molecule has 1 aliphatic rings. The van der Waals surface area contributed by atoms with Gasteiger partial charge in [0, 0.05) is 6.04 Å². The van der Waals surface area contributed by atoms with Crippen molar-refractivity contribution < 1.29 is 4.39 Å². The van der Waals surface area contributed by atoms with Crippen LogP contribution in [0.25, 0.3) is 0 Å². The summed E-state index contributed by atoms with van der Waals surface area (Å²) in [7, 11) is 2.00. The maximum atomic E-state index is 13.2. The molecule has 1 fully saturated rings. The summed E-state index contributed by atoms with van der Waals surface area (Å²) in [5, 5.41) is 3.37. The van der Waals surface area contributed by atoms with Crippen molar-refractivity contribution in [2.75, 3.05) is 7.05 Å². The van der Waals surface area contributed by atoms with Crippen LogP contribution in [0.15, 0.2) is 12.1 Å². The van der Waals surface area contributed by atoms with Crippen LogP contribution in [0, 0.1) is 25.6 Å². The third kappa shape index (κ3) is 2.43. The first-order valence-electron chi connectivity index (χ1n) is 6.05. The number of hydrogen-bond acceptors (Lipinski definition) is 1. The lowest BCUT2D eigenvalue weighted by atomic mass is 9.92. The Labute approximate surface area is 97.1 Å². The van der Waals surface area contributed by atoms with Gasteiger partial charge in [0.2, 0.25) is 0 Å². The van der Waals surface area contributed by atoms with Gasteiger partial charge in [0.1, 0.15) is 5.82 Å². The molecule has 0 heterocycles. The first kappa shape index (κ1) is 11.6. The standard InChI is InChI=1S/C14H20FN/c1-9-6-12(15)7-10(2)14(9)13(16-3)8-11-4-5-11/h6-7,11,13,16H,4-5,8H2,1-3H3. The molecule has 16 heavy (non-hydrogen) atoms. The highest BCUT2D eigenvalue weighted by Gasteiger charge is 2.27. The van der Waals surface area contributed by atoms with Gasteiger partial charge in [-0.05, 0) is 62.1 Å². The predicted molar refractivity (Wildman–Crippen MR) is 65.0 cm³/mol. The fourth-order valence-electron chi connectivity index (χ4n) is 2.54. The monoisotopic (exact) mass is 221 g/mol. The first-order valence-corrected chi connectivity index (χ1v) is 6.05. The van der Waals surface area contributed by atoms with E-state index in [1.807, 2.05) is 20.9 Å². The van der Waals surface area contributed by atoms with Gasteiger partial charge in [-0.1, -0.05) is 12.8 Å². The molecule has 1 aromatic rings. The van der Waals surface area contributed by atoms with E-state index in [0.717, 1.165) is 17.0 Å². The minimum atomic E-state index is -0.125. The molecule has 2 heteroatoms. The molecular formula is C14H20FN. The Morgan fingerprint density at radius 3 is 2.31 bits per heavy atom. The number of nitrogens with one attached hydrogen (secondary N) is 1. The summed E-state index contributed by atoms with van der Waals surface area (Å²) in [6.45, 7) is 4.01. The fraction of sp³-hybridized carbons (Fsp3) is 0.571. The maximum Gasteiger partial charge on any atom is 0.123 e. The minimum absolute atomic E-state index is 0.125. The lowest BCUT2D eigenvalue weighted by Gasteiger charge is -2.21. The van der Waals surface area contributed by atoms with E-state index in [0.29, 0.717) is 6.04 Å². The summed E-state index contributed by atoms with van der Waals surface area (Å²) in [5.41, 5.74) is 3.42. The van der Waals surface area contributed by atoms with Crippen molar-refractivity contribution in [3.8, 4) is 0 Å². The van der Waals surface area contributed by atoms with Crippen molar-refractivity contribution in [1.29, 1.82) is 0 Å². The summed E-state index contributed by atoms with van der Waals surface area (Å²) in [6.07, 6.45) is 3.90. The third-order valence-electron chi connectivity index (χ3n) is 3.52. The largest absolute Gasteiger partial charge is 0.313 e. The Morgan fingerprint density at radius 2 is 1.88 bits per heavy atom. The molecule has 1 atom stereocenters. The average molecular weight is 221 g/mol. The fourth-order valence-corrected chi connectivity index (χ4v) is 2.54. The normalized spacial score (nSPS) is 17.5. The molecule has 0 aliphatic heterocycles. The molecule has 0 amide bonds. The molecule has 0 radical (unpaired) electrons. The van der Waals surface area contributed by atoms with Gasteiger partial charge in [-0.15, -0.1) is 0 Å². The molecule has 88 valence electrons. The average Bonchev–Trinajstić information content (AvgIpc) is 2.98. The van der Waals surface area contributed by atoms with Crippen LogP contribution in [0.3, 0.4) is 0 Å². The summed E-state index contributed by atoms with van der Waals surface area (Å²) < 4.78 is 13.2. The van der Waals surface area contributed by atoms with Crippen LogP contribution in [0.4, 0.5) is 4.39 Å². The molecule has 1 aromatic carbocycles. The van der Waals surface area contributed by atoms with Gasteiger partial charge in [-0.2, -0.15) is 0 Å². The highest BCUT2D eigenvalue weighted by Crippen LogP contribution is 2.38. The van der Waals surface area contributed by atoms with Crippen molar-refractivity contribution in [2.45, 2.75) is 39.2 Å². The molecule has 1 unspecified atom stereocenters. The molecule has 2 rings (SSSR count). The molecule has 0 aromatic heterocycles. The topological polar surface area (TPSA) is 12.0 Å². The number of halogens is 1. The molecule has 1 saturated carbocycles. The van der Waals surface area contributed by atoms with Gasteiger partial charge in [0.25, 0.3) is 0 Å². The van der Waals surface area contributed by atoms with Gasteiger partial charge >= 0.3 is 0 Å². The van der Waals surface area contributed by atoms with Crippen LogP contribution >= 0.6 is 0 Å². The Morgan fingerprint density at radius 1 is 1.31 bits per heavy atom. The molecule has 0 spiro atoms. The van der Waals surface area contributed by atoms with Gasteiger partial charge in [-0.25, -0.2) is 4.39 Å². The van der Waals surface area contributed by atoms with E-state index >= 15 is 0 Å². The van der Waals surface area contributed by atoms with Gasteiger partial charge < -0.3 is 5.32 Å². The third-order valence-corrected chi connectivity index (χ3v) is 3.52. The second kappa shape index (κ2) is 4.54. The Balaban J connectivity index is 2.28. The Hall–Kier alpha value is -0.890. The lowest BCUT2D eigenvalue weighted by molar-refractivity contribution is 0.508. The number of benzene rings is 1. The summed E-state index contributed by atoms with van der Waals surface area (Å²) in [4.78, 5) is 0. The zero-order chi connectivity index (χ0) is 11.7. The molecule has 1 nitrogen and oxygen atoms in total. The molecular weight excluding hydrogens is 201 g/mol. The second-order valence-corrected chi connectivity index (χ2v) is 4.97. The Bertz CT molecular complexity index is 359. The van der Waals surface area contributed by atoms with E-state index in [9.17, 15) is 4.39 Å². The zero-order valence-electron chi connectivity index (χ0n) is 10.3. The predicted octanol–water partition coefficient (Wildman–Crippen LogP) is 3.50. The van der Waals surface area contributed by atoms with E-state index in [-0.39, 0.29) is 5.82 Å². The van der Waals surface area contributed by atoms with E-state index in [2.05, 4.69) is 5.32 Å². The SMILES string of the molecule is CNC(CC1CC1)c1c(C)cc(F)cc1C.